The van der Waals surface area contributed by atoms with E-state index in [0.29, 0.717) is 13.2 Å². The van der Waals surface area contributed by atoms with Crippen LogP contribution in [-0.2, 0) is 9.53 Å². The Bertz CT molecular complexity index is 506. The summed E-state index contributed by atoms with van der Waals surface area (Å²) in [5, 5.41) is 6.33. The highest BCUT2D eigenvalue weighted by Crippen LogP contribution is 2.21. The molecule has 0 aliphatic carbocycles. The van der Waals surface area contributed by atoms with Gasteiger partial charge in [0.25, 0.3) is 5.91 Å². The number of aryl methyl sites for hydroxylation is 1. The molecule has 2 saturated heterocycles. The smallest absolute Gasteiger partial charge is 0.250 e. The molecule has 0 aromatic heterocycles. The van der Waals surface area contributed by atoms with Gasteiger partial charge in [0.2, 0.25) is 0 Å². The van der Waals surface area contributed by atoms with Crippen LogP contribution in [0, 0.1) is 6.92 Å². The maximum Gasteiger partial charge on any atom is 0.250 e. The van der Waals surface area contributed by atoms with Crippen LogP contribution in [0.5, 0.6) is 0 Å². The topological polar surface area (TPSA) is 53.6 Å². The summed E-state index contributed by atoms with van der Waals surface area (Å²) in [7, 11) is 0. The molecule has 0 unspecified atom stereocenters. The summed E-state index contributed by atoms with van der Waals surface area (Å²) in [6, 6.07) is 8.87. The molecule has 22 heavy (non-hydrogen) atoms. The number of hydrogen-bond donors (Lipinski definition) is 2. The molecule has 0 bridgehead atoms. The third-order valence-corrected chi connectivity index (χ3v) is 4.43. The number of piperidine rings is 1. The van der Waals surface area contributed by atoms with E-state index in [-0.39, 0.29) is 18.1 Å². The zero-order valence-corrected chi connectivity index (χ0v) is 13.2. The van der Waals surface area contributed by atoms with Crippen LogP contribution in [0.15, 0.2) is 24.3 Å². The molecule has 1 atom stereocenters. The number of anilines is 1. The van der Waals surface area contributed by atoms with Gasteiger partial charge < -0.3 is 20.3 Å². The number of carbonyl (C=O) groups excluding carboxylic acids is 1. The summed E-state index contributed by atoms with van der Waals surface area (Å²) >= 11 is 0. The lowest BCUT2D eigenvalue weighted by Gasteiger charge is -2.35. The molecule has 2 aliphatic heterocycles. The van der Waals surface area contributed by atoms with Crippen molar-refractivity contribution in [3.8, 4) is 0 Å². The summed E-state index contributed by atoms with van der Waals surface area (Å²) in [6.07, 6.45) is 1.64. The highest BCUT2D eigenvalue weighted by molar-refractivity contribution is 5.81. The molecule has 1 amide bonds. The van der Waals surface area contributed by atoms with Crippen molar-refractivity contribution in [1.82, 2.24) is 10.6 Å². The van der Waals surface area contributed by atoms with E-state index in [1.54, 1.807) is 0 Å². The van der Waals surface area contributed by atoms with Crippen LogP contribution in [-0.4, -0.2) is 50.8 Å². The normalized spacial score (nSPS) is 23.3. The highest BCUT2D eigenvalue weighted by atomic mass is 16.5. The molecule has 1 aromatic rings. The van der Waals surface area contributed by atoms with Crippen LogP contribution < -0.4 is 15.5 Å². The molecule has 120 valence electrons. The fourth-order valence-electron chi connectivity index (χ4n) is 3.13. The van der Waals surface area contributed by atoms with Crippen molar-refractivity contribution in [2.75, 3.05) is 37.7 Å². The summed E-state index contributed by atoms with van der Waals surface area (Å²) in [5.41, 5.74) is 2.57. The summed E-state index contributed by atoms with van der Waals surface area (Å²) in [5.74, 6) is 0.0289. The fourth-order valence-corrected chi connectivity index (χ4v) is 3.13. The first-order chi connectivity index (χ1) is 10.7. The summed E-state index contributed by atoms with van der Waals surface area (Å²) < 4.78 is 5.50. The van der Waals surface area contributed by atoms with Crippen LogP contribution in [0.4, 0.5) is 5.69 Å². The van der Waals surface area contributed by atoms with Gasteiger partial charge in [-0.3, -0.25) is 4.79 Å². The van der Waals surface area contributed by atoms with Crippen molar-refractivity contribution in [2.45, 2.75) is 31.9 Å². The molecule has 0 spiro atoms. The number of ether oxygens (including phenoxy) is 1. The number of rotatable bonds is 3. The van der Waals surface area contributed by atoms with E-state index < -0.39 is 0 Å². The zero-order chi connectivity index (χ0) is 15.4. The lowest BCUT2D eigenvalue weighted by Crippen LogP contribution is -2.52. The average molecular weight is 303 g/mol. The minimum absolute atomic E-state index is 0.0289. The molecule has 2 heterocycles. The van der Waals surface area contributed by atoms with Gasteiger partial charge in [0.15, 0.2) is 0 Å². The molecule has 2 N–H and O–H groups in total. The molecule has 3 rings (SSSR count). The highest BCUT2D eigenvalue weighted by Gasteiger charge is 2.26. The monoisotopic (exact) mass is 303 g/mol. The Balaban J connectivity index is 1.48. The minimum Gasteiger partial charge on any atom is -0.371 e. The third-order valence-electron chi connectivity index (χ3n) is 4.43. The van der Waals surface area contributed by atoms with Crippen LogP contribution in [0.1, 0.15) is 18.4 Å². The Morgan fingerprint density at radius 3 is 2.86 bits per heavy atom. The molecule has 2 fully saturated rings. The number of morpholine rings is 1. The Morgan fingerprint density at radius 2 is 2.18 bits per heavy atom. The molecule has 5 nitrogen and oxygen atoms in total. The van der Waals surface area contributed by atoms with Crippen molar-refractivity contribution >= 4 is 11.6 Å². The number of amides is 1. The van der Waals surface area contributed by atoms with E-state index in [1.807, 2.05) is 0 Å². The number of carbonyl (C=O) groups is 1. The van der Waals surface area contributed by atoms with Crippen LogP contribution in [0.25, 0.3) is 0 Å². The fraction of sp³-hybridized carbons (Fsp3) is 0.588. The van der Waals surface area contributed by atoms with Gasteiger partial charge in [-0.2, -0.15) is 0 Å². The average Bonchev–Trinajstić information content (AvgIpc) is 2.56. The number of benzene rings is 1. The SMILES string of the molecule is Cc1cccc(N2CCC(NC(=O)[C@H]3CNCCO3)CC2)c1. The predicted molar refractivity (Wildman–Crippen MR) is 87.2 cm³/mol. The Labute approximate surface area is 132 Å². The minimum atomic E-state index is -0.330. The van der Waals surface area contributed by atoms with E-state index in [1.165, 1.54) is 11.3 Å². The van der Waals surface area contributed by atoms with Gasteiger partial charge in [-0.05, 0) is 37.5 Å². The lowest BCUT2D eigenvalue weighted by atomic mass is 10.0. The van der Waals surface area contributed by atoms with Crippen molar-refractivity contribution in [2.24, 2.45) is 0 Å². The second-order valence-corrected chi connectivity index (χ2v) is 6.17. The van der Waals surface area contributed by atoms with E-state index in [9.17, 15) is 4.79 Å². The first-order valence-corrected chi connectivity index (χ1v) is 8.17. The standard InChI is InChI=1S/C17H25N3O2/c1-13-3-2-4-15(11-13)20-8-5-14(6-9-20)19-17(21)16-12-18-7-10-22-16/h2-4,11,14,16,18H,5-10,12H2,1H3,(H,19,21)/t16-/m1/s1. The summed E-state index contributed by atoms with van der Waals surface area (Å²) in [6.45, 7) is 6.15. The second-order valence-electron chi connectivity index (χ2n) is 6.17. The van der Waals surface area contributed by atoms with E-state index in [0.717, 1.165) is 32.5 Å². The van der Waals surface area contributed by atoms with Gasteiger partial charge in [0, 0.05) is 37.9 Å². The van der Waals surface area contributed by atoms with E-state index in [4.69, 9.17) is 4.74 Å². The Hall–Kier alpha value is -1.59. The molecule has 1 aromatic carbocycles. The largest absolute Gasteiger partial charge is 0.371 e. The Kier molecular flexibility index (Phi) is 4.95. The van der Waals surface area contributed by atoms with E-state index in [2.05, 4.69) is 46.7 Å². The molecular weight excluding hydrogens is 278 g/mol. The van der Waals surface area contributed by atoms with Crippen LogP contribution in [0.2, 0.25) is 0 Å². The zero-order valence-electron chi connectivity index (χ0n) is 13.2. The molecule has 0 radical (unpaired) electrons. The predicted octanol–water partition coefficient (Wildman–Crippen LogP) is 1.07. The lowest BCUT2D eigenvalue weighted by molar-refractivity contribution is -0.135. The molecule has 2 aliphatic rings. The van der Waals surface area contributed by atoms with Gasteiger partial charge in [-0.15, -0.1) is 0 Å². The van der Waals surface area contributed by atoms with E-state index >= 15 is 0 Å². The van der Waals surface area contributed by atoms with Crippen molar-refractivity contribution in [3.05, 3.63) is 29.8 Å². The summed E-state index contributed by atoms with van der Waals surface area (Å²) in [4.78, 5) is 14.6. The van der Waals surface area contributed by atoms with Gasteiger partial charge in [0.1, 0.15) is 6.10 Å². The molecule has 0 saturated carbocycles. The molecule has 5 heteroatoms. The second kappa shape index (κ2) is 7.11. The number of hydrogen-bond acceptors (Lipinski definition) is 4. The van der Waals surface area contributed by atoms with Crippen LogP contribution in [0.3, 0.4) is 0 Å². The number of nitrogens with one attached hydrogen (secondary N) is 2. The first kappa shape index (κ1) is 15.3. The van der Waals surface area contributed by atoms with Gasteiger partial charge in [-0.25, -0.2) is 0 Å². The quantitative estimate of drug-likeness (QED) is 0.877. The van der Waals surface area contributed by atoms with Crippen molar-refractivity contribution in [1.29, 1.82) is 0 Å². The van der Waals surface area contributed by atoms with Gasteiger partial charge in [-0.1, -0.05) is 12.1 Å². The van der Waals surface area contributed by atoms with Gasteiger partial charge >= 0.3 is 0 Å². The maximum absolute atomic E-state index is 12.2. The van der Waals surface area contributed by atoms with Gasteiger partial charge in [0.05, 0.1) is 6.61 Å². The van der Waals surface area contributed by atoms with Crippen molar-refractivity contribution in [3.63, 3.8) is 0 Å². The van der Waals surface area contributed by atoms with Crippen molar-refractivity contribution < 1.29 is 9.53 Å². The first-order valence-electron chi connectivity index (χ1n) is 8.17. The van der Waals surface area contributed by atoms with Crippen LogP contribution >= 0.6 is 0 Å². The third kappa shape index (κ3) is 3.78. The molecular formula is C17H25N3O2. The maximum atomic E-state index is 12.2. The number of nitrogens with zero attached hydrogens (tertiary/aromatic N) is 1. The Morgan fingerprint density at radius 1 is 1.36 bits per heavy atom.